The van der Waals surface area contributed by atoms with Crippen LogP contribution in [0.25, 0.3) is 0 Å². The number of carbonyl (C=O) groups excluding carboxylic acids is 1. The van der Waals surface area contributed by atoms with Crippen molar-refractivity contribution in [3.8, 4) is 5.75 Å². The molecule has 2 heterocycles. The zero-order chi connectivity index (χ0) is 17.2. The van der Waals surface area contributed by atoms with Gasteiger partial charge in [-0.2, -0.15) is 8.78 Å². The largest absolute Gasteiger partial charge is 0.434 e. The van der Waals surface area contributed by atoms with E-state index in [-0.39, 0.29) is 11.5 Å². The van der Waals surface area contributed by atoms with Gasteiger partial charge in [-0.05, 0) is 45.9 Å². The lowest BCUT2D eigenvalue weighted by Crippen LogP contribution is -2.41. The molecule has 23 heavy (non-hydrogen) atoms. The first kappa shape index (κ1) is 16.8. The number of ether oxygens (including phenoxy) is 3. The fourth-order valence-electron chi connectivity index (χ4n) is 3.47. The van der Waals surface area contributed by atoms with Gasteiger partial charge >= 0.3 is 6.61 Å². The minimum Gasteiger partial charge on any atom is -0.434 e. The summed E-state index contributed by atoms with van der Waals surface area (Å²) in [6.45, 7) is 3.95. The molecule has 126 valence electrons. The first-order valence-corrected chi connectivity index (χ1v) is 7.98. The van der Waals surface area contributed by atoms with E-state index in [1.807, 2.05) is 0 Å². The van der Waals surface area contributed by atoms with Crippen molar-refractivity contribution in [2.45, 2.75) is 57.2 Å². The molecule has 0 amide bonds. The van der Waals surface area contributed by atoms with Crippen LogP contribution >= 0.6 is 15.9 Å². The molecule has 0 bridgehead atoms. The summed E-state index contributed by atoms with van der Waals surface area (Å²) in [6, 6.07) is 4.66. The van der Waals surface area contributed by atoms with E-state index in [2.05, 4.69) is 20.7 Å². The van der Waals surface area contributed by atoms with Crippen LogP contribution in [0.1, 0.15) is 39.4 Å². The summed E-state index contributed by atoms with van der Waals surface area (Å²) in [5.41, 5.74) is -2.64. The van der Waals surface area contributed by atoms with Crippen LogP contribution in [-0.2, 0) is 14.3 Å². The topological polar surface area (TPSA) is 48.1 Å². The number of carbonyl (C=O) groups is 1. The lowest BCUT2D eigenvalue weighted by atomic mass is 9.81. The second kappa shape index (κ2) is 4.97. The molecular weight excluding hydrogens is 374 g/mol. The number of epoxide rings is 1. The van der Waals surface area contributed by atoms with Gasteiger partial charge < -0.3 is 14.2 Å². The number of halogens is 3. The summed E-state index contributed by atoms with van der Waals surface area (Å²) in [7, 11) is 0. The van der Waals surface area contributed by atoms with Crippen LogP contribution in [-0.4, -0.2) is 29.2 Å². The van der Waals surface area contributed by atoms with E-state index in [0.717, 1.165) is 0 Å². The Bertz CT molecular complexity index is 674. The van der Waals surface area contributed by atoms with Crippen LogP contribution in [0, 0.1) is 0 Å². The van der Waals surface area contributed by atoms with Gasteiger partial charge in [0, 0.05) is 10.0 Å². The third kappa shape index (κ3) is 2.40. The lowest BCUT2D eigenvalue weighted by molar-refractivity contribution is -0.132. The first-order chi connectivity index (χ1) is 10.5. The number of hydrogen-bond acceptors (Lipinski definition) is 4. The van der Waals surface area contributed by atoms with E-state index in [9.17, 15) is 13.6 Å². The minimum absolute atomic E-state index is 0.00150. The maximum atomic E-state index is 12.8. The van der Waals surface area contributed by atoms with Gasteiger partial charge in [0.15, 0.2) is 5.60 Å². The summed E-state index contributed by atoms with van der Waals surface area (Å²) in [5, 5.41) is 0. The highest BCUT2D eigenvalue weighted by atomic mass is 79.9. The van der Waals surface area contributed by atoms with Gasteiger partial charge in [0.2, 0.25) is 5.78 Å². The second-order valence-electron chi connectivity index (χ2n) is 6.75. The van der Waals surface area contributed by atoms with Gasteiger partial charge in [-0.3, -0.25) is 4.79 Å². The third-order valence-electron chi connectivity index (χ3n) is 4.37. The normalized spacial score (nSPS) is 31.0. The van der Waals surface area contributed by atoms with Crippen LogP contribution in [0.3, 0.4) is 0 Å². The molecule has 3 rings (SSSR count). The zero-order valence-electron chi connectivity index (χ0n) is 13.2. The van der Waals surface area contributed by atoms with E-state index in [4.69, 9.17) is 9.47 Å². The maximum Gasteiger partial charge on any atom is 0.387 e. The summed E-state index contributed by atoms with van der Waals surface area (Å²) in [5.74, 6) is -0.193. The summed E-state index contributed by atoms with van der Waals surface area (Å²) in [6.07, 6.45) is -0.682. The predicted molar refractivity (Wildman–Crippen MR) is 81.6 cm³/mol. The number of alkyl halides is 2. The van der Waals surface area contributed by atoms with Gasteiger partial charge in [-0.15, -0.1) is 0 Å². The summed E-state index contributed by atoms with van der Waals surface area (Å²) < 4.78 is 42.2. The Morgan fingerprint density at radius 3 is 2.43 bits per heavy atom. The number of Topliss-reactive ketones (excluding diaryl/α,β-unsaturated/α-hetero) is 1. The Labute approximate surface area is 141 Å². The lowest BCUT2D eigenvalue weighted by Gasteiger charge is -2.24. The molecule has 2 unspecified atom stereocenters. The van der Waals surface area contributed by atoms with Crippen LogP contribution < -0.4 is 4.74 Å². The van der Waals surface area contributed by atoms with Crippen molar-refractivity contribution >= 4 is 21.7 Å². The van der Waals surface area contributed by atoms with E-state index >= 15 is 0 Å². The third-order valence-corrected chi connectivity index (χ3v) is 4.87. The maximum absolute atomic E-state index is 12.8. The Kier molecular flexibility index (Phi) is 3.63. The Balaban J connectivity index is 2.03. The van der Waals surface area contributed by atoms with Crippen molar-refractivity contribution in [3.05, 3.63) is 28.2 Å². The molecule has 1 aromatic rings. The van der Waals surface area contributed by atoms with Crippen molar-refractivity contribution in [1.82, 2.24) is 0 Å². The minimum atomic E-state index is -2.95. The molecule has 2 fully saturated rings. The van der Waals surface area contributed by atoms with Crippen molar-refractivity contribution in [3.63, 3.8) is 0 Å². The van der Waals surface area contributed by atoms with Gasteiger partial charge in [0.05, 0.1) is 0 Å². The zero-order valence-corrected chi connectivity index (χ0v) is 14.7. The van der Waals surface area contributed by atoms with E-state index in [1.165, 1.54) is 6.07 Å². The fourth-order valence-corrected chi connectivity index (χ4v) is 3.85. The quantitative estimate of drug-likeness (QED) is 0.731. The Hall–Kier alpha value is -1.05. The molecule has 7 heteroatoms. The van der Waals surface area contributed by atoms with Crippen molar-refractivity contribution < 1.29 is 27.8 Å². The smallest absolute Gasteiger partial charge is 0.387 e. The SMILES string of the molecule is CC1(C)OC(C)(C)C2(OC2c2cc(Br)ccc2OC(F)F)C1=O. The second-order valence-corrected chi connectivity index (χ2v) is 7.66. The van der Waals surface area contributed by atoms with E-state index in [0.29, 0.717) is 10.0 Å². The van der Waals surface area contributed by atoms with Crippen LogP contribution in [0.5, 0.6) is 5.75 Å². The van der Waals surface area contributed by atoms with Gasteiger partial charge in [0.1, 0.15) is 23.1 Å². The van der Waals surface area contributed by atoms with Gasteiger partial charge in [-0.1, -0.05) is 15.9 Å². The summed E-state index contributed by atoms with van der Waals surface area (Å²) >= 11 is 3.31. The van der Waals surface area contributed by atoms with Crippen molar-refractivity contribution in [1.29, 1.82) is 0 Å². The first-order valence-electron chi connectivity index (χ1n) is 7.18. The molecule has 0 N–H and O–H groups in total. The number of hydrogen-bond donors (Lipinski definition) is 0. The molecule has 2 atom stereocenters. The highest BCUT2D eigenvalue weighted by Crippen LogP contribution is 2.64. The Morgan fingerprint density at radius 2 is 1.91 bits per heavy atom. The standard InChI is InChI=1S/C16H17BrF2O4/c1-14(2)12(20)16(15(3,4)23-14)11(22-16)9-7-8(17)5-6-10(9)21-13(18)19/h5-7,11,13H,1-4H3. The van der Waals surface area contributed by atoms with Gasteiger partial charge in [-0.25, -0.2) is 0 Å². The highest BCUT2D eigenvalue weighted by Gasteiger charge is 2.79. The predicted octanol–water partition coefficient (Wildman–Crippen LogP) is 4.02. The van der Waals surface area contributed by atoms with E-state index in [1.54, 1.807) is 39.8 Å². The number of ketones is 1. The molecule has 0 radical (unpaired) electrons. The van der Waals surface area contributed by atoms with Crippen LogP contribution in [0.4, 0.5) is 8.78 Å². The molecule has 2 aliphatic heterocycles. The fraction of sp³-hybridized carbons (Fsp3) is 0.562. The van der Waals surface area contributed by atoms with Crippen LogP contribution in [0.15, 0.2) is 22.7 Å². The van der Waals surface area contributed by atoms with E-state index < -0.39 is 29.5 Å². The average Bonchev–Trinajstić information content (AvgIpc) is 3.12. The van der Waals surface area contributed by atoms with Crippen molar-refractivity contribution in [2.24, 2.45) is 0 Å². The average molecular weight is 391 g/mol. The molecule has 1 aromatic carbocycles. The van der Waals surface area contributed by atoms with Crippen LogP contribution in [0.2, 0.25) is 0 Å². The summed E-state index contributed by atoms with van der Waals surface area (Å²) in [4.78, 5) is 12.8. The molecule has 0 aliphatic carbocycles. The highest BCUT2D eigenvalue weighted by molar-refractivity contribution is 9.10. The molecule has 4 nitrogen and oxygen atoms in total. The molecule has 2 aliphatic rings. The monoisotopic (exact) mass is 390 g/mol. The Morgan fingerprint density at radius 1 is 1.26 bits per heavy atom. The molecule has 0 saturated carbocycles. The van der Waals surface area contributed by atoms with Gasteiger partial charge in [0.25, 0.3) is 0 Å². The molecule has 1 spiro atoms. The molecule has 2 saturated heterocycles. The van der Waals surface area contributed by atoms with Crippen molar-refractivity contribution in [2.75, 3.05) is 0 Å². The molecule has 0 aromatic heterocycles. The number of benzene rings is 1. The molecular formula is C16H17BrF2O4. The number of rotatable bonds is 3.